The van der Waals surface area contributed by atoms with Crippen LogP contribution in [0.3, 0.4) is 0 Å². The Balaban J connectivity index is 0.000000217. The molecule has 2 nitrogen and oxygen atoms in total. The molecule has 66 valence electrons. The van der Waals surface area contributed by atoms with Crippen molar-refractivity contribution in [3.63, 3.8) is 0 Å². The largest absolute Gasteiger partial charge is 0.469 e. The maximum absolute atomic E-state index is 9.59. The number of hydrogen-bond acceptors (Lipinski definition) is 2. The minimum atomic E-state index is -0.245. The van der Waals surface area contributed by atoms with Crippen LogP contribution in [-0.4, -0.2) is 13.1 Å². The normalized spacial score (nSPS) is 7.92. The lowest BCUT2D eigenvalue weighted by Crippen LogP contribution is -1.88. The second kappa shape index (κ2) is 6.68. The highest BCUT2D eigenvalue weighted by Crippen LogP contribution is 2.03. The molecule has 0 unspecified atom stereocenters. The van der Waals surface area contributed by atoms with E-state index in [4.69, 9.17) is 11.6 Å². The van der Waals surface area contributed by atoms with Crippen LogP contribution < -0.4 is 0 Å². The number of carbonyl (C=O) groups excluding carboxylic acids is 1. The van der Waals surface area contributed by atoms with Gasteiger partial charge in [-0.15, -0.1) is 0 Å². The second-order valence-electron chi connectivity index (χ2n) is 1.99. The number of carbonyl (C=O) groups is 1. The summed E-state index contributed by atoms with van der Waals surface area (Å²) in [6.45, 7) is 1.36. The molecule has 0 radical (unpaired) electrons. The molecule has 0 saturated carbocycles. The van der Waals surface area contributed by atoms with Gasteiger partial charge < -0.3 is 4.74 Å². The third kappa shape index (κ3) is 7.09. The maximum Gasteiger partial charge on any atom is 0.302 e. The number of rotatable bonds is 0. The quantitative estimate of drug-likeness (QED) is 0.582. The Morgan fingerprint density at radius 1 is 1.33 bits per heavy atom. The van der Waals surface area contributed by atoms with Gasteiger partial charge in [0.15, 0.2) is 0 Å². The highest BCUT2D eigenvalue weighted by Gasteiger charge is 1.75. The minimum absolute atomic E-state index is 0.245. The van der Waals surface area contributed by atoms with E-state index in [-0.39, 0.29) is 5.97 Å². The SMILES string of the molecule is COC(C)=O.Clc1ccccc1. The standard InChI is InChI=1S/C6H5Cl.C3H6O2/c7-6-4-2-1-3-5-6;1-3(4)5-2/h1-5H;1-2H3. The van der Waals surface area contributed by atoms with Crippen molar-refractivity contribution in [2.45, 2.75) is 6.92 Å². The van der Waals surface area contributed by atoms with Gasteiger partial charge in [0.1, 0.15) is 0 Å². The maximum atomic E-state index is 9.59. The van der Waals surface area contributed by atoms with E-state index in [9.17, 15) is 4.79 Å². The molecular formula is C9H11ClO2. The predicted octanol–water partition coefficient (Wildman–Crippen LogP) is 2.52. The Morgan fingerprint density at radius 3 is 1.92 bits per heavy atom. The zero-order chi connectivity index (χ0) is 9.40. The third-order valence-corrected chi connectivity index (χ3v) is 1.27. The summed E-state index contributed by atoms with van der Waals surface area (Å²) < 4.78 is 4.11. The van der Waals surface area contributed by atoms with E-state index in [2.05, 4.69) is 4.74 Å². The molecule has 0 spiro atoms. The van der Waals surface area contributed by atoms with Crippen molar-refractivity contribution in [1.82, 2.24) is 0 Å². The molecule has 0 aromatic heterocycles. The van der Waals surface area contributed by atoms with E-state index in [1.54, 1.807) is 0 Å². The van der Waals surface area contributed by atoms with Crippen LogP contribution in [0, 0.1) is 0 Å². The predicted molar refractivity (Wildman–Crippen MR) is 49.1 cm³/mol. The molecule has 0 aliphatic heterocycles. The van der Waals surface area contributed by atoms with Crippen molar-refractivity contribution in [1.29, 1.82) is 0 Å². The topological polar surface area (TPSA) is 26.3 Å². The zero-order valence-electron chi connectivity index (χ0n) is 7.08. The fourth-order valence-corrected chi connectivity index (χ4v) is 0.560. The number of methoxy groups -OCH3 is 1. The van der Waals surface area contributed by atoms with Gasteiger partial charge >= 0.3 is 5.97 Å². The Labute approximate surface area is 77.1 Å². The van der Waals surface area contributed by atoms with Crippen LogP contribution in [0.4, 0.5) is 0 Å². The Kier molecular flexibility index (Phi) is 6.11. The van der Waals surface area contributed by atoms with Gasteiger partial charge in [0.05, 0.1) is 7.11 Å². The van der Waals surface area contributed by atoms with E-state index in [1.807, 2.05) is 30.3 Å². The Morgan fingerprint density at radius 2 is 1.75 bits per heavy atom. The lowest BCUT2D eigenvalue weighted by Gasteiger charge is -1.80. The summed E-state index contributed by atoms with van der Waals surface area (Å²) in [4.78, 5) is 9.59. The van der Waals surface area contributed by atoms with Crippen molar-refractivity contribution in [2.24, 2.45) is 0 Å². The summed E-state index contributed by atoms with van der Waals surface area (Å²) >= 11 is 5.54. The molecule has 3 heteroatoms. The summed E-state index contributed by atoms with van der Waals surface area (Å²) in [5.74, 6) is -0.245. The van der Waals surface area contributed by atoms with Gasteiger partial charge in [-0.25, -0.2) is 0 Å². The third-order valence-electron chi connectivity index (χ3n) is 1.02. The van der Waals surface area contributed by atoms with E-state index in [1.165, 1.54) is 14.0 Å². The van der Waals surface area contributed by atoms with E-state index in [0.29, 0.717) is 0 Å². The fourth-order valence-electron chi connectivity index (χ4n) is 0.415. The van der Waals surface area contributed by atoms with E-state index >= 15 is 0 Å². The van der Waals surface area contributed by atoms with Crippen LogP contribution in [0.5, 0.6) is 0 Å². The first-order valence-corrected chi connectivity index (χ1v) is 3.79. The Bertz CT molecular complexity index is 221. The van der Waals surface area contributed by atoms with Crippen LogP contribution in [0.25, 0.3) is 0 Å². The van der Waals surface area contributed by atoms with Crippen molar-refractivity contribution in [2.75, 3.05) is 7.11 Å². The first-order chi connectivity index (χ1) is 5.66. The number of ether oxygens (including phenoxy) is 1. The highest BCUT2D eigenvalue weighted by molar-refractivity contribution is 6.30. The number of benzene rings is 1. The molecule has 1 aromatic rings. The zero-order valence-corrected chi connectivity index (χ0v) is 7.84. The lowest BCUT2D eigenvalue weighted by atomic mass is 10.4. The monoisotopic (exact) mass is 186 g/mol. The molecule has 12 heavy (non-hydrogen) atoms. The van der Waals surface area contributed by atoms with Crippen LogP contribution in [0.2, 0.25) is 5.02 Å². The van der Waals surface area contributed by atoms with Gasteiger partial charge in [-0.3, -0.25) is 4.79 Å². The molecule has 0 bridgehead atoms. The van der Waals surface area contributed by atoms with Gasteiger partial charge in [-0.2, -0.15) is 0 Å². The molecule has 1 aromatic carbocycles. The average molecular weight is 187 g/mol. The van der Waals surface area contributed by atoms with E-state index in [0.717, 1.165) is 5.02 Å². The molecule has 0 aliphatic carbocycles. The van der Waals surface area contributed by atoms with Crippen molar-refractivity contribution < 1.29 is 9.53 Å². The molecule has 0 heterocycles. The summed E-state index contributed by atoms with van der Waals surface area (Å²) in [6.07, 6.45) is 0. The van der Waals surface area contributed by atoms with Crippen molar-refractivity contribution >= 4 is 17.6 Å². The molecule has 0 amide bonds. The fraction of sp³-hybridized carbons (Fsp3) is 0.222. The van der Waals surface area contributed by atoms with Crippen LogP contribution in [-0.2, 0) is 9.53 Å². The number of halogens is 1. The first-order valence-electron chi connectivity index (χ1n) is 3.42. The molecule has 0 fully saturated rings. The van der Waals surface area contributed by atoms with Gasteiger partial charge in [-0.05, 0) is 12.1 Å². The van der Waals surface area contributed by atoms with Gasteiger partial charge in [-0.1, -0.05) is 29.8 Å². The van der Waals surface area contributed by atoms with Gasteiger partial charge in [0.2, 0.25) is 0 Å². The molecule has 0 N–H and O–H groups in total. The average Bonchev–Trinajstić information content (AvgIpc) is 2.07. The smallest absolute Gasteiger partial charge is 0.302 e. The Hall–Kier alpha value is -1.02. The summed E-state index contributed by atoms with van der Waals surface area (Å²) in [7, 11) is 1.35. The van der Waals surface area contributed by atoms with E-state index < -0.39 is 0 Å². The molecule has 0 aliphatic rings. The van der Waals surface area contributed by atoms with Crippen molar-refractivity contribution in [3.05, 3.63) is 35.4 Å². The molecule has 0 atom stereocenters. The summed E-state index contributed by atoms with van der Waals surface area (Å²) in [6, 6.07) is 9.44. The van der Waals surface area contributed by atoms with Crippen molar-refractivity contribution in [3.8, 4) is 0 Å². The number of hydrogen-bond donors (Lipinski definition) is 0. The highest BCUT2D eigenvalue weighted by atomic mass is 35.5. The molecule has 1 rings (SSSR count). The van der Waals surface area contributed by atoms with Gasteiger partial charge in [0, 0.05) is 11.9 Å². The summed E-state index contributed by atoms with van der Waals surface area (Å²) in [5.41, 5.74) is 0. The van der Waals surface area contributed by atoms with Gasteiger partial charge in [0.25, 0.3) is 0 Å². The summed E-state index contributed by atoms with van der Waals surface area (Å²) in [5, 5.41) is 0.794. The molecule has 0 saturated heterocycles. The first kappa shape index (κ1) is 11.0. The number of esters is 1. The van der Waals surface area contributed by atoms with Crippen LogP contribution in [0.15, 0.2) is 30.3 Å². The lowest BCUT2D eigenvalue weighted by molar-refractivity contribution is -0.137. The van der Waals surface area contributed by atoms with Crippen LogP contribution in [0.1, 0.15) is 6.92 Å². The molecular weight excluding hydrogens is 176 g/mol. The second-order valence-corrected chi connectivity index (χ2v) is 2.43. The van der Waals surface area contributed by atoms with Crippen LogP contribution >= 0.6 is 11.6 Å². The minimum Gasteiger partial charge on any atom is -0.469 e.